The van der Waals surface area contributed by atoms with Gasteiger partial charge in [-0.25, -0.2) is 0 Å². The summed E-state index contributed by atoms with van der Waals surface area (Å²) in [6.07, 6.45) is -0.168. The molecule has 0 aliphatic heterocycles. The molecule has 0 aliphatic rings. The van der Waals surface area contributed by atoms with E-state index in [1.54, 1.807) is 11.8 Å². The molecule has 0 saturated carbocycles. The fourth-order valence-corrected chi connectivity index (χ4v) is 2.60. The zero-order valence-electron chi connectivity index (χ0n) is 10.1. The minimum atomic E-state index is -0.168. The number of ether oxygens (including phenoxy) is 2. The largest absolute Gasteiger partial charge is 0.398 e. The Balaban J connectivity index is 2.52. The van der Waals surface area contributed by atoms with Crippen LogP contribution < -0.4 is 5.73 Å². The maximum Gasteiger partial charge on any atom is 0.166 e. The van der Waals surface area contributed by atoms with Crippen molar-refractivity contribution < 1.29 is 9.47 Å². The molecule has 2 N–H and O–H groups in total. The highest BCUT2D eigenvalue weighted by Crippen LogP contribution is 2.28. The normalized spacial score (nSPS) is 11.1. The quantitative estimate of drug-likeness (QED) is 0.474. The van der Waals surface area contributed by atoms with Crippen molar-refractivity contribution in [2.75, 3.05) is 24.7 Å². The first-order chi connectivity index (χ1) is 8.17. The number of nitrogens with two attached hydrogens (primary N) is 1. The Kier molecular flexibility index (Phi) is 6.96. The lowest BCUT2D eigenvalue weighted by molar-refractivity contribution is -0.120. The van der Waals surface area contributed by atoms with Crippen molar-refractivity contribution in [3.8, 4) is 0 Å². The van der Waals surface area contributed by atoms with Gasteiger partial charge < -0.3 is 15.2 Å². The zero-order chi connectivity index (χ0) is 12.7. The highest BCUT2D eigenvalue weighted by atomic mass is 79.9. The number of benzene rings is 1. The summed E-state index contributed by atoms with van der Waals surface area (Å²) in [4.78, 5) is 1.05. The number of hydrogen-bond acceptors (Lipinski definition) is 4. The maximum absolute atomic E-state index is 5.92. The maximum atomic E-state index is 5.92. The van der Waals surface area contributed by atoms with Gasteiger partial charge in [0.15, 0.2) is 6.29 Å². The molecule has 5 heteroatoms. The van der Waals surface area contributed by atoms with Gasteiger partial charge in [-0.2, -0.15) is 0 Å². The monoisotopic (exact) mass is 319 g/mol. The van der Waals surface area contributed by atoms with Crippen molar-refractivity contribution >= 4 is 33.4 Å². The van der Waals surface area contributed by atoms with Gasteiger partial charge in [-0.05, 0) is 32.0 Å². The van der Waals surface area contributed by atoms with Crippen LogP contribution in [-0.2, 0) is 9.47 Å². The van der Waals surface area contributed by atoms with Gasteiger partial charge in [-0.15, -0.1) is 11.8 Å². The van der Waals surface area contributed by atoms with Crippen LogP contribution in [0.4, 0.5) is 5.69 Å². The molecule has 0 saturated heterocycles. The number of halogens is 1. The van der Waals surface area contributed by atoms with Gasteiger partial charge in [-0.3, -0.25) is 0 Å². The fourth-order valence-electron chi connectivity index (χ4n) is 1.32. The van der Waals surface area contributed by atoms with Gasteiger partial charge in [0, 0.05) is 34.0 Å². The van der Waals surface area contributed by atoms with Gasteiger partial charge in [-0.1, -0.05) is 15.9 Å². The van der Waals surface area contributed by atoms with Crippen molar-refractivity contribution in [1.29, 1.82) is 0 Å². The average Bonchev–Trinajstić information content (AvgIpc) is 2.28. The first-order valence-electron chi connectivity index (χ1n) is 5.58. The molecule has 0 heterocycles. The van der Waals surface area contributed by atoms with Crippen LogP contribution in [0.3, 0.4) is 0 Å². The zero-order valence-corrected chi connectivity index (χ0v) is 12.5. The van der Waals surface area contributed by atoms with Crippen molar-refractivity contribution in [3.63, 3.8) is 0 Å². The SMILES string of the molecule is CCOC(CSc1ccc(Br)cc1N)OCC. The van der Waals surface area contributed by atoms with Crippen LogP contribution in [0.25, 0.3) is 0 Å². The Morgan fingerprint density at radius 1 is 1.29 bits per heavy atom. The molecule has 0 amide bonds. The second kappa shape index (κ2) is 7.97. The van der Waals surface area contributed by atoms with Crippen molar-refractivity contribution in [2.45, 2.75) is 25.0 Å². The number of rotatable bonds is 7. The Hall–Kier alpha value is -0.230. The van der Waals surface area contributed by atoms with Crippen molar-refractivity contribution in [3.05, 3.63) is 22.7 Å². The third-order valence-corrected chi connectivity index (χ3v) is 3.67. The van der Waals surface area contributed by atoms with E-state index in [-0.39, 0.29) is 6.29 Å². The van der Waals surface area contributed by atoms with E-state index in [1.807, 2.05) is 32.0 Å². The molecule has 0 atom stereocenters. The second-order valence-corrected chi connectivity index (χ2v) is 5.31. The molecule has 0 radical (unpaired) electrons. The smallest absolute Gasteiger partial charge is 0.166 e. The second-order valence-electron chi connectivity index (χ2n) is 3.33. The summed E-state index contributed by atoms with van der Waals surface area (Å²) in [7, 11) is 0. The van der Waals surface area contributed by atoms with Crippen LogP contribution in [0, 0.1) is 0 Å². The molecule has 1 rings (SSSR count). The van der Waals surface area contributed by atoms with Gasteiger partial charge >= 0.3 is 0 Å². The molecule has 1 aromatic carbocycles. The van der Waals surface area contributed by atoms with E-state index in [2.05, 4.69) is 15.9 Å². The Labute approximate surface area is 115 Å². The molecule has 0 aliphatic carbocycles. The van der Waals surface area contributed by atoms with E-state index < -0.39 is 0 Å². The lowest BCUT2D eigenvalue weighted by Gasteiger charge is -2.16. The Morgan fingerprint density at radius 3 is 2.47 bits per heavy atom. The van der Waals surface area contributed by atoms with Crippen LogP contribution in [0.15, 0.2) is 27.6 Å². The van der Waals surface area contributed by atoms with Crippen LogP contribution in [0.5, 0.6) is 0 Å². The van der Waals surface area contributed by atoms with Gasteiger partial charge in [0.05, 0.1) is 0 Å². The third-order valence-electron chi connectivity index (χ3n) is 2.05. The van der Waals surface area contributed by atoms with Crippen LogP contribution >= 0.6 is 27.7 Å². The van der Waals surface area contributed by atoms with E-state index >= 15 is 0 Å². The van der Waals surface area contributed by atoms with E-state index in [0.717, 1.165) is 20.8 Å². The Morgan fingerprint density at radius 2 is 1.94 bits per heavy atom. The molecule has 0 aromatic heterocycles. The van der Waals surface area contributed by atoms with Crippen molar-refractivity contribution in [2.24, 2.45) is 0 Å². The summed E-state index contributed by atoms with van der Waals surface area (Å²) in [5, 5.41) is 0. The Bertz CT molecular complexity index is 343. The molecule has 17 heavy (non-hydrogen) atoms. The fraction of sp³-hybridized carbons (Fsp3) is 0.500. The highest BCUT2D eigenvalue weighted by Gasteiger charge is 2.10. The standard InChI is InChI=1S/C12H18BrNO2S/c1-3-15-12(16-4-2)8-17-11-6-5-9(13)7-10(11)14/h5-7,12H,3-4,8,14H2,1-2H3. The van der Waals surface area contributed by atoms with Crippen LogP contribution in [0.2, 0.25) is 0 Å². The first kappa shape index (κ1) is 14.8. The van der Waals surface area contributed by atoms with Crippen molar-refractivity contribution in [1.82, 2.24) is 0 Å². The summed E-state index contributed by atoms with van der Waals surface area (Å²) in [6.45, 7) is 5.23. The topological polar surface area (TPSA) is 44.5 Å². The average molecular weight is 320 g/mol. The van der Waals surface area contributed by atoms with E-state index in [4.69, 9.17) is 15.2 Å². The number of anilines is 1. The summed E-state index contributed by atoms with van der Waals surface area (Å²) in [5.74, 6) is 0.744. The molecule has 0 fully saturated rings. The predicted octanol–water partition coefficient (Wildman–Crippen LogP) is 3.52. The summed E-state index contributed by atoms with van der Waals surface area (Å²) in [6, 6.07) is 5.88. The molecule has 1 aromatic rings. The summed E-state index contributed by atoms with van der Waals surface area (Å²) >= 11 is 5.04. The van der Waals surface area contributed by atoms with E-state index in [9.17, 15) is 0 Å². The molecular weight excluding hydrogens is 302 g/mol. The van der Waals surface area contributed by atoms with E-state index in [1.165, 1.54) is 0 Å². The molecule has 0 spiro atoms. The molecular formula is C12H18BrNO2S. The predicted molar refractivity (Wildman–Crippen MR) is 76.3 cm³/mol. The number of nitrogen functional groups attached to an aromatic ring is 1. The molecule has 3 nitrogen and oxygen atoms in total. The van der Waals surface area contributed by atoms with E-state index in [0.29, 0.717) is 13.2 Å². The van der Waals surface area contributed by atoms with Crippen LogP contribution in [-0.4, -0.2) is 25.3 Å². The summed E-state index contributed by atoms with van der Waals surface area (Å²) in [5.41, 5.74) is 6.70. The van der Waals surface area contributed by atoms with Gasteiger partial charge in [0.25, 0.3) is 0 Å². The van der Waals surface area contributed by atoms with Crippen LogP contribution in [0.1, 0.15) is 13.8 Å². The molecule has 0 unspecified atom stereocenters. The van der Waals surface area contributed by atoms with Gasteiger partial charge in [0.2, 0.25) is 0 Å². The summed E-state index contributed by atoms with van der Waals surface area (Å²) < 4.78 is 11.9. The lowest BCUT2D eigenvalue weighted by atomic mass is 10.3. The minimum Gasteiger partial charge on any atom is -0.398 e. The number of thioether (sulfide) groups is 1. The minimum absolute atomic E-state index is 0.168. The van der Waals surface area contributed by atoms with Gasteiger partial charge in [0.1, 0.15) is 0 Å². The molecule has 96 valence electrons. The number of hydrogen-bond donors (Lipinski definition) is 1. The molecule has 0 bridgehead atoms. The first-order valence-corrected chi connectivity index (χ1v) is 7.36. The lowest BCUT2D eigenvalue weighted by Crippen LogP contribution is -2.20. The highest BCUT2D eigenvalue weighted by molar-refractivity contribution is 9.10. The third kappa shape index (κ3) is 5.29.